The van der Waals surface area contributed by atoms with E-state index >= 15 is 0 Å². The first-order valence-corrected chi connectivity index (χ1v) is 6.23. The normalized spacial score (nSPS) is 11.1. The summed E-state index contributed by atoms with van der Waals surface area (Å²) in [7, 11) is 3.12. The molecule has 114 valence electrons. The van der Waals surface area contributed by atoms with Crippen molar-refractivity contribution in [3.8, 4) is 0 Å². The van der Waals surface area contributed by atoms with Crippen LogP contribution in [0.15, 0.2) is 0 Å². The van der Waals surface area contributed by atoms with Gasteiger partial charge in [-0.3, -0.25) is 19.2 Å². The van der Waals surface area contributed by atoms with E-state index in [1.54, 1.807) is 21.0 Å². The summed E-state index contributed by atoms with van der Waals surface area (Å²) in [4.78, 5) is 46.4. The fraction of sp³-hybridized carbons (Fsp3) is 0.692. The van der Waals surface area contributed by atoms with Gasteiger partial charge in [0.25, 0.3) is 0 Å². The molecule has 0 heterocycles. The third kappa shape index (κ3) is 5.92. The Morgan fingerprint density at radius 2 is 1.25 bits per heavy atom. The number of ketones is 2. The zero-order valence-corrected chi connectivity index (χ0v) is 12.5. The van der Waals surface area contributed by atoms with Crippen LogP contribution in [0.25, 0.3) is 0 Å². The molecule has 0 atom stereocenters. The van der Waals surface area contributed by atoms with E-state index in [2.05, 4.69) is 0 Å². The number of rotatable bonds is 8. The lowest BCUT2D eigenvalue weighted by Gasteiger charge is -2.36. The van der Waals surface area contributed by atoms with E-state index < -0.39 is 30.7 Å². The molecular weight excluding hydrogens is 266 g/mol. The van der Waals surface area contributed by atoms with E-state index in [9.17, 15) is 19.2 Å². The predicted octanol–water partition coefficient (Wildman–Crippen LogP) is 0.656. The average molecular weight is 287 g/mol. The van der Waals surface area contributed by atoms with Crippen molar-refractivity contribution in [3.63, 3.8) is 0 Å². The first kappa shape index (κ1) is 18.2. The van der Waals surface area contributed by atoms with Crippen LogP contribution in [0, 0.1) is 0 Å². The highest BCUT2D eigenvalue weighted by Crippen LogP contribution is 2.22. The summed E-state index contributed by atoms with van der Waals surface area (Å²) in [5.41, 5.74) is 0. The number of Topliss-reactive ketones (excluding diaryl/α,β-unsaturated/α-hetero) is 2. The minimum Gasteiger partial charge on any atom is -0.408 e. The summed E-state index contributed by atoms with van der Waals surface area (Å²) in [6.45, 7) is 4.17. The second-order valence-corrected chi connectivity index (χ2v) is 4.67. The van der Waals surface area contributed by atoms with Crippen molar-refractivity contribution in [3.05, 3.63) is 0 Å². The Balaban J connectivity index is 5.00. The molecule has 0 aromatic rings. The van der Waals surface area contributed by atoms with Gasteiger partial charge in [-0.25, -0.2) is 4.90 Å². The first-order valence-electron chi connectivity index (χ1n) is 6.23. The lowest BCUT2D eigenvalue weighted by atomic mass is 10.3. The maximum absolute atomic E-state index is 11.6. The molecule has 0 aromatic heterocycles. The van der Waals surface area contributed by atoms with Crippen LogP contribution in [0.2, 0.25) is 0 Å². The predicted molar refractivity (Wildman–Crippen MR) is 69.5 cm³/mol. The van der Waals surface area contributed by atoms with E-state index in [-0.39, 0.29) is 18.0 Å². The quantitative estimate of drug-likeness (QED) is 0.368. The van der Waals surface area contributed by atoms with Crippen LogP contribution in [0.3, 0.4) is 0 Å². The molecule has 0 spiro atoms. The molecule has 0 radical (unpaired) electrons. The van der Waals surface area contributed by atoms with Crippen LogP contribution in [-0.4, -0.2) is 48.4 Å². The number of nitrogens with zero attached hydrogens (tertiary/aromatic N) is 1. The molecule has 0 fully saturated rings. The molecule has 0 N–H and O–H groups in total. The van der Waals surface area contributed by atoms with E-state index in [0.29, 0.717) is 0 Å². The zero-order chi connectivity index (χ0) is 15.9. The molecular formula is C13H21NO6. The highest BCUT2D eigenvalue weighted by Gasteiger charge is 2.40. The van der Waals surface area contributed by atoms with Crippen molar-refractivity contribution in [1.82, 2.24) is 4.90 Å². The van der Waals surface area contributed by atoms with Gasteiger partial charge in [0.05, 0.1) is 0 Å². The van der Waals surface area contributed by atoms with Gasteiger partial charge in [-0.2, -0.15) is 0 Å². The monoisotopic (exact) mass is 287 g/mol. The minimum absolute atomic E-state index is 0.160. The van der Waals surface area contributed by atoms with Gasteiger partial charge >= 0.3 is 17.8 Å². The number of carbonyl (C=O) groups is 4. The van der Waals surface area contributed by atoms with Gasteiger partial charge < -0.3 is 9.47 Å². The lowest BCUT2D eigenvalue weighted by molar-refractivity contribution is -0.279. The van der Waals surface area contributed by atoms with Crippen LogP contribution in [0.5, 0.6) is 0 Å². The van der Waals surface area contributed by atoms with E-state index in [0.717, 1.165) is 0 Å². The highest BCUT2D eigenvalue weighted by molar-refractivity contribution is 5.95. The van der Waals surface area contributed by atoms with Crippen molar-refractivity contribution in [2.24, 2.45) is 0 Å². The molecule has 0 amide bonds. The van der Waals surface area contributed by atoms with Gasteiger partial charge in [0.2, 0.25) is 0 Å². The molecule has 0 aliphatic carbocycles. The van der Waals surface area contributed by atoms with Crippen molar-refractivity contribution in [2.45, 2.75) is 45.9 Å². The van der Waals surface area contributed by atoms with Gasteiger partial charge in [0.15, 0.2) is 0 Å². The summed E-state index contributed by atoms with van der Waals surface area (Å²) in [6, 6.07) is 0. The molecule has 7 heteroatoms. The van der Waals surface area contributed by atoms with Gasteiger partial charge in [0.1, 0.15) is 24.4 Å². The van der Waals surface area contributed by atoms with E-state index in [4.69, 9.17) is 9.47 Å². The molecule has 0 aromatic carbocycles. The zero-order valence-electron chi connectivity index (χ0n) is 12.5. The Morgan fingerprint density at radius 1 is 0.900 bits per heavy atom. The van der Waals surface area contributed by atoms with Crippen molar-refractivity contribution in [1.29, 1.82) is 0 Å². The number of carbonyl (C=O) groups excluding carboxylic acids is 4. The van der Waals surface area contributed by atoms with Crippen LogP contribution in [-0.2, 0) is 28.7 Å². The van der Waals surface area contributed by atoms with Gasteiger partial charge in [-0.1, -0.05) is 6.92 Å². The standard InChI is InChI=1S/C13H21NO6/c1-6-13(14(4)5,19-11(17)7-9(2)15)20-12(18)8-10(3)16/h6-8H2,1-5H3. The fourth-order valence-corrected chi connectivity index (χ4v) is 1.50. The maximum atomic E-state index is 11.6. The molecule has 0 rings (SSSR count). The highest BCUT2D eigenvalue weighted by atomic mass is 16.8. The molecule has 0 saturated heterocycles. The van der Waals surface area contributed by atoms with E-state index in [1.807, 2.05) is 0 Å². The Hall–Kier alpha value is -1.76. The fourth-order valence-electron chi connectivity index (χ4n) is 1.50. The molecule has 0 saturated carbocycles. The third-order valence-corrected chi connectivity index (χ3v) is 2.46. The Kier molecular flexibility index (Phi) is 7.06. The SMILES string of the molecule is CCC(OC(=O)CC(C)=O)(OC(=O)CC(C)=O)N(C)C. The summed E-state index contributed by atoms with van der Waals surface area (Å²) >= 11 is 0. The average Bonchev–Trinajstić information content (AvgIpc) is 2.25. The molecule has 0 aliphatic rings. The Labute approximate surface area is 118 Å². The molecule has 0 bridgehead atoms. The lowest BCUT2D eigenvalue weighted by Crippen LogP contribution is -2.51. The summed E-state index contributed by atoms with van der Waals surface area (Å²) in [5.74, 6) is -3.89. The van der Waals surface area contributed by atoms with E-state index in [1.165, 1.54) is 18.7 Å². The van der Waals surface area contributed by atoms with Crippen LogP contribution < -0.4 is 0 Å². The third-order valence-electron chi connectivity index (χ3n) is 2.46. The van der Waals surface area contributed by atoms with Crippen LogP contribution in [0.1, 0.15) is 40.0 Å². The van der Waals surface area contributed by atoms with Crippen LogP contribution in [0.4, 0.5) is 0 Å². The second-order valence-electron chi connectivity index (χ2n) is 4.67. The van der Waals surface area contributed by atoms with Gasteiger partial charge in [-0.05, 0) is 27.9 Å². The Morgan fingerprint density at radius 3 is 1.45 bits per heavy atom. The number of hydrogen-bond donors (Lipinski definition) is 0. The molecule has 20 heavy (non-hydrogen) atoms. The van der Waals surface area contributed by atoms with Gasteiger partial charge in [0, 0.05) is 6.42 Å². The largest absolute Gasteiger partial charge is 0.408 e. The number of hydrogen-bond acceptors (Lipinski definition) is 7. The smallest absolute Gasteiger partial charge is 0.319 e. The first-order chi connectivity index (χ1) is 9.12. The summed E-state index contributed by atoms with van der Waals surface area (Å²) < 4.78 is 10.2. The van der Waals surface area contributed by atoms with Crippen molar-refractivity contribution in [2.75, 3.05) is 14.1 Å². The summed E-state index contributed by atoms with van der Waals surface area (Å²) in [5, 5.41) is 0. The van der Waals surface area contributed by atoms with Crippen molar-refractivity contribution < 1.29 is 28.7 Å². The second kappa shape index (κ2) is 7.74. The maximum Gasteiger partial charge on any atom is 0.319 e. The van der Waals surface area contributed by atoms with Crippen LogP contribution >= 0.6 is 0 Å². The Bertz CT molecular complexity index is 372. The molecule has 0 unspecified atom stereocenters. The number of ether oxygens (including phenoxy) is 2. The minimum atomic E-state index is -1.61. The molecule has 0 aliphatic heterocycles. The summed E-state index contributed by atoms with van der Waals surface area (Å²) in [6.07, 6.45) is -0.646. The number of esters is 2. The van der Waals surface area contributed by atoms with Crippen molar-refractivity contribution >= 4 is 23.5 Å². The van der Waals surface area contributed by atoms with Gasteiger partial charge in [-0.15, -0.1) is 0 Å². The molecule has 7 nitrogen and oxygen atoms in total. The topological polar surface area (TPSA) is 90.0 Å².